The molecule has 2 aromatic carbocycles. The molecule has 11 heteroatoms. The second-order valence-corrected chi connectivity index (χ2v) is 5.44. The van der Waals surface area contributed by atoms with Gasteiger partial charge in [0.1, 0.15) is 22.8 Å². The standard InChI is InChI=1S/C16H12N6O5/c17-15-13(16(18)23)14(9-4-2-1-3-5-9)19-20(15)11-7-6-10(21(24)25)8-12(11)22(26)27/h1-8H,17H2,(H2,18,23). The first kappa shape index (κ1) is 17.5. The number of carbonyl (C=O) groups is 1. The number of nitro groups is 2. The van der Waals surface area contributed by atoms with Crippen molar-refractivity contribution >= 4 is 23.1 Å². The summed E-state index contributed by atoms with van der Waals surface area (Å²) in [4.78, 5) is 32.6. The summed E-state index contributed by atoms with van der Waals surface area (Å²) >= 11 is 0. The number of aromatic nitrogens is 2. The number of hydrogen-bond donors (Lipinski definition) is 2. The second-order valence-electron chi connectivity index (χ2n) is 5.44. The van der Waals surface area contributed by atoms with Crippen LogP contribution in [0.5, 0.6) is 0 Å². The Kier molecular flexibility index (Phi) is 4.26. The molecule has 0 radical (unpaired) electrons. The highest BCUT2D eigenvalue weighted by atomic mass is 16.6. The average molecular weight is 368 g/mol. The van der Waals surface area contributed by atoms with Crippen molar-refractivity contribution < 1.29 is 14.6 Å². The van der Waals surface area contributed by atoms with Crippen molar-refractivity contribution in [2.45, 2.75) is 0 Å². The summed E-state index contributed by atoms with van der Waals surface area (Å²) in [6.07, 6.45) is 0. The van der Waals surface area contributed by atoms with Gasteiger partial charge in [0.2, 0.25) is 0 Å². The Balaban J connectivity index is 2.29. The fraction of sp³-hybridized carbons (Fsp3) is 0. The van der Waals surface area contributed by atoms with Crippen LogP contribution in [0.2, 0.25) is 0 Å². The molecule has 11 nitrogen and oxygen atoms in total. The fourth-order valence-electron chi connectivity index (χ4n) is 2.61. The third-order valence-electron chi connectivity index (χ3n) is 3.81. The quantitative estimate of drug-likeness (QED) is 0.511. The van der Waals surface area contributed by atoms with E-state index in [0.29, 0.717) is 5.56 Å². The molecule has 0 aliphatic carbocycles. The van der Waals surface area contributed by atoms with Gasteiger partial charge in [-0.15, -0.1) is 0 Å². The number of amides is 1. The summed E-state index contributed by atoms with van der Waals surface area (Å²) < 4.78 is 0.976. The van der Waals surface area contributed by atoms with E-state index in [0.717, 1.165) is 22.9 Å². The first-order valence-corrected chi connectivity index (χ1v) is 7.48. The van der Waals surface area contributed by atoms with Gasteiger partial charge in [0.25, 0.3) is 11.6 Å². The van der Waals surface area contributed by atoms with E-state index < -0.39 is 27.1 Å². The number of non-ortho nitro benzene ring substituents is 1. The van der Waals surface area contributed by atoms with Crippen LogP contribution >= 0.6 is 0 Å². The van der Waals surface area contributed by atoms with Gasteiger partial charge in [-0.3, -0.25) is 25.0 Å². The number of benzene rings is 2. The minimum absolute atomic E-state index is 0.103. The topological polar surface area (TPSA) is 173 Å². The number of nitrogens with zero attached hydrogens (tertiary/aromatic N) is 4. The Hall–Kier alpha value is -4.28. The van der Waals surface area contributed by atoms with E-state index in [1.165, 1.54) is 0 Å². The Bertz CT molecular complexity index is 1080. The van der Waals surface area contributed by atoms with Crippen molar-refractivity contribution in [3.63, 3.8) is 0 Å². The maximum absolute atomic E-state index is 11.9. The van der Waals surface area contributed by atoms with Gasteiger partial charge in [-0.05, 0) is 6.07 Å². The van der Waals surface area contributed by atoms with Crippen LogP contribution in [0.1, 0.15) is 10.4 Å². The third kappa shape index (κ3) is 3.04. The molecular weight excluding hydrogens is 356 g/mol. The molecule has 0 spiro atoms. The highest BCUT2D eigenvalue weighted by Crippen LogP contribution is 2.33. The predicted molar refractivity (Wildman–Crippen MR) is 95.2 cm³/mol. The number of carbonyl (C=O) groups excluding carboxylic acids is 1. The maximum atomic E-state index is 11.9. The molecular formula is C16H12N6O5. The summed E-state index contributed by atoms with van der Waals surface area (Å²) in [7, 11) is 0. The Morgan fingerprint density at radius 1 is 1.04 bits per heavy atom. The summed E-state index contributed by atoms with van der Waals surface area (Å²) in [5.74, 6) is -1.07. The summed E-state index contributed by atoms with van der Waals surface area (Å²) in [5.41, 5.74) is 10.8. The SMILES string of the molecule is NC(=O)c1c(-c2ccccc2)nn(-c2ccc([N+](=O)[O-])cc2[N+](=O)[O-])c1N. The van der Waals surface area contributed by atoms with E-state index in [2.05, 4.69) is 5.10 Å². The fourth-order valence-corrected chi connectivity index (χ4v) is 2.61. The number of anilines is 1. The molecule has 0 aliphatic rings. The van der Waals surface area contributed by atoms with Crippen LogP contribution in [0.25, 0.3) is 16.9 Å². The van der Waals surface area contributed by atoms with Crippen molar-refractivity contribution in [1.82, 2.24) is 9.78 Å². The Morgan fingerprint density at radius 2 is 1.70 bits per heavy atom. The first-order chi connectivity index (χ1) is 12.8. The average Bonchev–Trinajstić information content (AvgIpc) is 2.99. The maximum Gasteiger partial charge on any atom is 0.301 e. The molecule has 136 valence electrons. The highest BCUT2D eigenvalue weighted by Gasteiger charge is 2.27. The first-order valence-electron chi connectivity index (χ1n) is 7.48. The Morgan fingerprint density at radius 3 is 2.26 bits per heavy atom. The number of rotatable bonds is 5. The molecule has 0 atom stereocenters. The van der Waals surface area contributed by atoms with Crippen molar-refractivity contribution in [3.8, 4) is 16.9 Å². The van der Waals surface area contributed by atoms with E-state index >= 15 is 0 Å². The lowest BCUT2D eigenvalue weighted by Crippen LogP contribution is -2.14. The van der Waals surface area contributed by atoms with E-state index in [9.17, 15) is 25.0 Å². The number of hydrogen-bond acceptors (Lipinski definition) is 7. The van der Waals surface area contributed by atoms with Gasteiger partial charge in [-0.2, -0.15) is 5.10 Å². The molecule has 4 N–H and O–H groups in total. The van der Waals surface area contributed by atoms with Crippen LogP contribution in [0.15, 0.2) is 48.5 Å². The Labute approximate surface area is 151 Å². The number of nitro benzene ring substituents is 2. The lowest BCUT2D eigenvalue weighted by molar-refractivity contribution is -0.394. The largest absolute Gasteiger partial charge is 0.383 e. The van der Waals surface area contributed by atoms with Crippen LogP contribution in [0.3, 0.4) is 0 Å². The zero-order valence-electron chi connectivity index (χ0n) is 13.6. The monoisotopic (exact) mass is 368 g/mol. The zero-order valence-corrected chi connectivity index (χ0v) is 13.6. The summed E-state index contributed by atoms with van der Waals surface area (Å²) in [6, 6.07) is 11.5. The van der Waals surface area contributed by atoms with Crippen molar-refractivity contribution in [1.29, 1.82) is 0 Å². The molecule has 3 rings (SSSR count). The number of nitrogens with two attached hydrogens (primary N) is 2. The van der Waals surface area contributed by atoms with Crippen LogP contribution in [0, 0.1) is 20.2 Å². The predicted octanol–water partition coefficient (Wildman–Crippen LogP) is 2.04. The van der Waals surface area contributed by atoms with Crippen molar-refractivity contribution in [2.24, 2.45) is 5.73 Å². The summed E-state index contributed by atoms with van der Waals surface area (Å²) in [6.45, 7) is 0. The lowest BCUT2D eigenvalue weighted by Gasteiger charge is -2.05. The van der Waals surface area contributed by atoms with Gasteiger partial charge in [0.05, 0.1) is 15.9 Å². The van der Waals surface area contributed by atoms with Crippen molar-refractivity contribution in [2.75, 3.05) is 5.73 Å². The molecule has 1 amide bonds. The number of nitrogen functional groups attached to an aromatic ring is 1. The van der Waals surface area contributed by atoms with Crippen molar-refractivity contribution in [3.05, 3.63) is 74.3 Å². The van der Waals surface area contributed by atoms with Gasteiger partial charge in [-0.1, -0.05) is 30.3 Å². The molecule has 1 heterocycles. The van der Waals surface area contributed by atoms with Crippen LogP contribution < -0.4 is 11.5 Å². The zero-order chi connectivity index (χ0) is 19.7. The van der Waals surface area contributed by atoms with Gasteiger partial charge in [0.15, 0.2) is 0 Å². The normalized spacial score (nSPS) is 10.5. The minimum Gasteiger partial charge on any atom is -0.383 e. The molecule has 0 fully saturated rings. The molecule has 3 aromatic rings. The highest BCUT2D eigenvalue weighted by molar-refractivity contribution is 6.03. The van der Waals surface area contributed by atoms with Crippen LogP contribution in [-0.4, -0.2) is 25.5 Å². The molecule has 1 aromatic heterocycles. The van der Waals surface area contributed by atoms with Gasteiger partial charge >= 0.3 is 5.69 Å². The third-order valence-corrected chi connectivity index (χ3v) is 3.81. The van der Waals surface area contributed by atoms with E-state index in [1.807, 2.05) is 0 Å². The van der Waals surface area contributed by atoms with E-state index in [1.54, 1.807) is 30.3 Å². The summed E-state index contributed by atoms with van der Waals surface area (Å²) in [5, 5.41) is 26.5. The molecule has 0 saturated heterocycles. The smallest absolute Gasteiger partial charge is 0.301 e. The molecule has 0 bridgehead atoms. The minimum atomic E-state index is -0.859. The van der Waals surface area contributed by atoms with Gasteiger partial charge < -0.3 is 11.5 Å². The molecule has 0 unspecified atom stereocenters. The van der Waals surface area contributed by atoms with Crippen LogP contribution in [0.4, 0.5) is 17.2 Å². The molecule has 0 saturated carbocycles. The van der Waals surface area contributed by atoms with E-state index in [4.69, 9.17) is 11.5 Å². The lowest BCUT2D eigenvalue weighted by atomic mass is 10.1. The number of primary amides is 1. The van der Waals surface area contributed by atoms with Crippen LogP contribution in [-0.2, 0) is 0 Å². The van der Waals surface area contributed by atoms with Gasteiger partial charge in [0, 0.05) is 11.6 Å². The van der Waals surface area contributed by atoms with Gasteiger partial charge in [-0.25, -0.2) is 4.68 Å². The molecule has 0 aliphatic heterocycles. The second kappa shape index (κ2) is 6.55. The molecule has 27 heavy (non-hydrogen) atoms. The van der Waals surface area contributed by atoms with E-state index in [-0.39, 0.29) is 22.8 Å².